The number of sulfone groups is 1. The van der Waals surface area contributed by atoms with Crippen LogP contribution in [-0.2, 0) is 16.0 Å². The lowest BCUT2D eigenvalue weighted by Crippen LogP contribution is -2.35. The average molecular weight is 525 g/mol. The van der Waals surface area contributed by atoms with Gasteiger partial charge in [0, 0.05) is 54.5 Å². The van der Waals surface area contributed by atoms with Crippen LogP contribution in [0.1, 0.15) is 69.7 Å². The van der Waals surface area contributed by atoms with Crippen molar-refractivity contribution in [3.8, 4) is 11.3 Å². The molecule has 1 saturated heterocycles. The Hall–Kier alpha value is -1.94. The topological polar surface area (TPSA) is 68.1 Å². The lowest BCUT2D eigenvalue weighted by Gasteiger charge is -2.29. The summed E-state index contributed by atoms with van der Waals surface area (Å²) < 4.78 is 64.9. The molecule has 0 N–H and O–H groups in total. The number of hydrogen-bond acceptors (Lipinski definition) is 5. The van der Waals surface area contributed by atoms with Crippen molar-refractivity contribution < 1.29 is 21.6 Å². The van der Waals surface area contributed by atoms with Crippen molar-refractivity contribution in [1.29, 1.82) is 0 Å². The van der Waals surface area contributed by atoms with Crippen LogP contribution in [0.2, 0.25) is 0 Å². The third-order valence-corrected chi connectivity index (χ3v) is 9.50. The van der Waals surface area contributed by atoms with E-state index >= 15 is 0 Å². The van der Waals surface area contributed by atoms with E-state index in [0.29, 0.717) is 41.5 Å². The number of rotatable bonds is 7. The van der Waals surface area contributed by atoms with Gasteiger partial charge in [-0.1, -0.05) is 6.92 Å². The highest BCUT2D eigenvalue weighted by Gasteiger charge is 2.59. The van der Waals surface area contributed by atoms with E-state index in [1.807, 2.05) is 24.6 Å². The molecule has 3 fully saturated rings. The van der Waals surface area contributed by atoms with Gasteiger partial charge in [0.1, 0.15) is 9.84 Å². The number of pyridine rings is 1. The Morgan fingerprint density at radius 2 is 1.86 bits per heavy atom. The second-order valence-electron chi connectivity index (χ2n) is 11.8. The lowest BCUT2D eigenvalue weighted by molar-refractivity contribution is -0.137. The summed E-state index contributed by atoms with van der Waals surface area (Å²) in [4.78, 5) is 6.37. The maximum Gasteiger partial charge on any atom is 0.417 e. The van der Waals surface area contributed by atoms with E-state index < -0.39 is 21.6 Å². The first-order chi connectivity index (χ1) is 16.7. The molecule has 0 unspecified atom stereocenters. The van der Waals surface area contributed by atoms with Crippen molar-refractivity contribution in [2.45, 2.75) is 70.6 Å². The fourth-order valence-corrected chi connectivity index (χ4v) is 7.37. The summed E-state index contributed by atoms with van der Waals surface area (Å²) >= 11 is 0. The Morgan fingerprint density at radius 3 is 2.47 bits per heavy atom. The fraction of sp³-hybridized carbons (Fsp3) is 0.692. The van der Waals surface area contributed by atoms with Crippen molar-refractivity contribution >= 4 is 9.84 Å². The van der Waals surface area contributed by atoms with Gasteiger partial charge in [0.25, 0.3) is 0 Å². The lowest BCUT2D eigenvalue weighted by atomic mass is 9.87. The largest absolute Gasteiger partial charge is 0.417 e. The minimum Gasteiger partial charge on any atom is -0.300 e. The summed E-state index contributed by atoms with van der Waals surface area (Å²) in [5.41, 5.74) is 1.34. The van der Waals surface area contributed by atoms with Gasteiger partial charge >= 0.3 is 6.18 Å². The van der Waals surface area contributed by atoms with Crippen molar-refractivity contribution in [1.82, 2.24) is 19.7 Å². The van der Waals surface area contributed by atoms with Crippen LogP contribution in [0.25, 0.3) is 11.3 Å². The van der Waals surface area contributed by atoms with Gasteiger partial charge in [-0.25, -0.2) is 8.42 Å². The molecule has 36 heavy (non-hydrogen) atoms. The number of aromatic nitrogens is 3. The zero-order valence-electron chi connectivity index (χ0n) is 21.3. The van der Waals surface area contributed by atoms with Gasteiger partial charge in [0.15, 0.2) is 0 Å². The molecular formula is C26H35F3N4O2S. The van der Waals surface area contributed by atoms with Crippen LogP contribution in [0.15, 0.2) is 24.5 Å². The molecule has 0 radical (unpaired) electrons. The Kier molecular flexibility index (Phi) is 6.30. The van der Waals surface area contributed by atoms with Crippen molar-refractivity contribution in [2.75, 3.05) is 25.1 Å². The standard InChI is InChI=1S/C26H35F3N4O2S/c1-16(2)33-23(12-22(31-33)17-9-18(14-30-13-17)26(27,28)29)24-20-10-19(11-21(20)24)32-7-5-25(3,15-32)6-8-36(4,34)35/h9,12-14,16,19-21,24H,5-8,10-11,15H2,1-4H3/t19-,20-,21+,24+,25-/m1/s1. The molecule has 3 aliphatic rings. The Labute approximate surface area is 211 Å². The Bertz CT molecular complexity index is 1230. The predicted octanol–water partition coefficient (Wildman–Crippen LogP) is 5.18. The highest BCUT2D eigenvalue weighted by Crippen LogP contribution is 2.64. The van der Waals surface area contributed by atoms with E-state index in [2.05, 4.69) is 16.8 Å². The van der Waals surface area contributed by atoms with Crippen LogP contribution in [0.5, 0.6) is 0 Å². The maximum atomic E-state index is 13.2. The number of likely N-dealkylation sites (tertiary alicyclic amines) is 1. The van der Waals surface area contributed by atoms with E-state index in [4.69, 9.17) is 5.10 Å². The Balaban J connectivity index is 1.27. The number of fused-ring (bicyclic) bond motifs is 1. The molecule has 5 rings (SSSR count). The molecule has 2 aromatic rings. The first-order valence-corrected chi connectivity index (χ1v) is 14.8. The second-order valence-corrected chi connectivity index (χ2v) is 14.1. The molecule has 3 heterocycles. The normalized spacial score (nSPS) is 30.8. The monoisotopic (exact) mass is 524 g/mol. The van der Waals surface area contributed by atoms with E-state index in [1.54, 1.807) is 0 Å². The maximum absolute atomic E-state index is 13.2. The van der Waals surface area contributed by atoms with Gasteiger partial charge in [-0.05, 0) is 75.5 Å². The van der Waals surface area contributed by atoms with Gasteiger partial charge in [0.05, 0.1) is 17.0 Å². The highest BCUT2D eigenvalue weighted by atomic mass is 32.2. The molecule has 6 nitrogen and oxygen atoms in total. The van der Waals surface area contributed by atoms with Crippen LogP contribution in [0.3, 0.4) is 0 Å². The summed E-state index contributed by atoms with van der Waals surface area (Å²) in [6, 6.07) is 3.73. The minimum absolute atomic E-state index is 0.0550. The highest BCUT2D eigenvalue weighted by molar-refractivity contribution is 7.90. The van der Waals surface area contributed by atoms with Crippen LogP contribution >= 0.6 is 0 Å². The first kappa shape index (κ1) is 25.7. The third-order valence-electron chi connectivity index (χ3n) is 8.56. The number of halogens is 3. The van der Waals surface area contributed by atoms with Crippen molar-refractivity contribution in [3.05, 3.63) is 35.8 Å². The summed E-state index contributed by atoms with van der Waals surface area (Å²) in [6.07, 6.45) is 3.14. The van der Waals surface area contributed by atoms with Gasteiger partial charge in [-0.3, -0.25) is 14.6 Å². The summed E-state index contributed by atoms with van der Waals surface area (Å²) in [5.74, 6) is 1.78. The number of hydrogen-bond donors (Lipinski definition) is 0. The molecule has 10 heteroatoms. The van der Waals surface area contributed by atoms with Crippen LogP contribution in [0, 0.1) is 17.3 Å². The minimum atomic E-state index is -4.44. The first-order valence-electron chi connectivity index (χ1n) is 12.8. The number of alkyl halides is 3. The summed E-state index contributed by atoms with van der Waals surface area (Å²) in [6.45, 7) is 8.28. The van der Waals surface area contributed by atoms with E-state index in [-0.39, 0.29) is 17.2 Å². The van der Waals surface area contributed by atoms with Gasteiger partial charge in [0.2, 0.25) is 0 Å². The molecule has 2 aliphatic carbocycles. The molecule has 1 aliphatic heterocycles. The molecule has 0 bridgehead atoms. The smallest absolute Gasteiger partial charge is 0.300 e. The average Bonchev–Trinajstić information content (AvgIpc) is 3.20. The van der Waals surface area contributed by atoms with E-state index in [0.717, 1.165) is 50.3 Å². The third kappa shape index (κ3) is 5.08. The van der Waals surface area contributed by atoms with Crippen LogP contribution in [0.4, 0.5) is 13.2 Å². The molecule has 2 saturated carbocycles. The zero-order chi connectivity index (χ0) is 26.0. The van der Waals surface area contributed by atoms with Crippen molar-refractivity contribution in [2.24, 2.45) is 17.3 Å². The fourth-order valence-electron chi connectivity index (χ4n) is 6.51. The van der Waals surface area contributed by atoms with Crippen molar-refractivity contribution in [3.63, 3.8) is 0 Å². The summed E-state index contributed by atoms with van der Waals surface area (Å²) in [5, 5.41) is 4.70. The molecule has 0 aromatic carbocycles. The van der Waals surface area contributed by atoms with Crippen LogP contribution < -0.4 is 0 Å². The SMILES string of the molecule is CC(C)n1nc(-c2cncc(C(F)(F)F)c2)cc1[C@H]1[C@@H]2C[C@@H](N3CC[C@](C)(CCS(C)(=O)=O)C3)C[C@@H]21. The molecule has 0 amide bonds. The Morgan fingerprint density at radius 1 is 1.17 bits per heavy atom. The number of nitrogens with zero attached hydrogens (tertiary/aromatic N) is 4. The van der Waals surface area contributed by atoms with E-state index in [1.165, 1.54) is 12.5 Å². The van der Waals surface area contributed by atoms with Gasteiger partial charge in [-0.2, -0.15) is 18.3 Å². The quantitative estimate of drug-likeness (QED) is 0.499. The molecular weight excluding hydrogens is 489 g/mol. The van der Waals surface area contributed by atoms with E-state index in [9.17, 15) is 21.6 Å². The zero-order valence-corrected chi connectivity index (χ0v) is 22.1. The van der Waals surface area contributed by atoms with Crippen LogP contribution in [-0.4, -0.2) is 59.2 Å². The predicted molar refractivity (Wildman–Crippen MR) is 132 cm³/mol. The molecule has 198 valence electrons. The van der Waals surface area contributed by atoms with Gasteiger partial charge in [-0.15, -0.1) is 0 Å². The van der Waals surface area contributed by atoms with Gasteiger partial charge < -0.3 is 0 Å². The molecule has 0 spiro atoms. The summed E-state index contributed by atoms with van der Waals surface area (Å²) in [7, 11) is -2.95. The molecule has 2 aromatic heterocycles. The second kappa shape index (κ2) is 8.82. The molecule has 5 atom stereocenters.